The largest absolute Gasteiger partial charge is 0.465 e. The molecule has 1 aliphatic rings. The minimum Gasteiger partial charge on any atom is -0.465 e. The van der Waals surface area contributed by atoms with Crippen molar-refractivity contribution in [2.75, 3.05) is 26.1 Å². The van der Waals surface area contributed by atoms with E-state index in [9.17, 15) is 14.4 Å². The van der Waals surface area contributed by atoms with Crippen molar-refractivity contribution in [3.63, 3.8) is 0 Å². The molecule has 3 heterocycles. The number of rotatable bonds is 7. The Bertz CT molecular complexity index is 981. The summed E-state index contributed by atoms with van der Waals surface area (Å²) in [6.07, 6.45) is 2.52. The normalized spacial score (nSPS) is 17.4. The van der Waals surface area contributed by atoms with Crippen LogP contribution in [0.15, 0.2) is 9.95 Å². The van der Waals surface area contributed by atoms with E-state index in [1.54, 1.807) is 6.92 Å². The molecule has 0 spiro atoms. The number of thioether (sulfide) groups is 1. The van der Waals surface area contributed by atoms with E-state index in [1.807, 2.05) is 6.92 Å². The standard InChI is InChI=1S/C18H24N4O5S2/c1-4-11(14(23)20-8-10-6-5-7-27-10)28-18-21-15-12(16(24)22(18)19)9(2)13(29-15)17(25)26-3/h10-11H,4-8,19H2,1-3H3,(H,20,23)/t10-,11-/m0/s1. The van der Waals surface area contributed by atoms with Crippen molar-refractivity contribution in [1.82, 2.24) is 15.0 Å². The molecule has 1 amide bonds. The fourth-order valence-corrected chi connectivity index (χ4v) is 5.23. The van der Waals surface area contributed by atoms with Crippen LogP contribution in [-0.4, -0.2) is 53.2 Å². The molecule has 158 valence electrons. The van der Waals surface area contributed by atoms with Gasteiger partial charge in [0, 0.05) is 13.2 Å². The summed E-state index contributed by atoms with van der Waals surface area (Å²) < 4.78 is 11.2. The van der Waals surface area contributed by atoms with E-state index in [-0.39, 0.29) is 22.6 Å². The molecule has 11 heteroatoms. The Kier molecular flexibility index (Phi) is 6.81. The average molecular weight is 441 g/mol. The summed E-state index contributed by atoms with van der Waals surface area (Å²) >= 11 is 2.21. The second-order valence-corrected chi connectivity index (χ2v) is 8.86. The first-order valence-electron chi connectivity index (χ1n) is 9.32. The molecule has 29 heavy (non-hydrogen) atoms. The molecule has 1 saturated heterocycles. The highest BCUT2D eigenvalue weighted by Gasteiger charge is 2.25. The van der Waals surface area contributed by atoms with Crippen molar-refractivity contribution in [3.05, 3.63) is 20.8 Å². The van der Waals surface area contributed by atoms with Gasteiger partial charge in [0.1, 0.15) is 9.71 Å². The maximum atomic E-state index is 12.8. The zero-order valence-electron chi connectivity index (χ0n) is 16.5. The summed E-state index contributed by atoms with van der Waals surface area (Å²) in [5.74, 6) is 5.29. The Hall–Kier alpha value is -2.11. The summed E-state index contributed by atoms with van der Waals surface area (Å²) in [4.78, 5) is 42.4. The highest BCUT2D eigenvalue weighted by atomic mass is 32.2. The molecule has 0 aromatic carbocycles. The first-order valence-corrected chi connectivity index (χ1v) is 11.0. The molecule has 0 saturated carbocycles. The lowest BCUT2D eigenvalue weighted by Gasteiger charge is -2.17. The van der Waals surface area contributed by atoms with Crippen LogP contribution in [0.2, 0.25) is 0 Å². The van der Waals surface area contributed by atoms with E-state index < -0.39 is 16.8 Å². The fraction of sp³-hybridized carbons (Fsp3) is 0.556. The zero-order valence-corrected chi connectivity index (χ0v) is 18.2. The quantitative estimate of drug-likeness (QED) is 0.287. The second-order valence-electron chi connectivity index (χ2n) is 6.69. The molecule has 9 nitrogen and oxygen atoms in total. The molecule has 3 rings (SSSR count). The summed E-state index contributed by atoms with van der Waals surface area (Å²) in [5.41, 5.74) is 0.0301. The Labute approximate surface area is 175 Å². The van der Waals surface area contributed by atoms with Crippen LogP contribution < -0.4 is 16.7 Å². The number of methoxy groups -OCH3 is 1. The second kappa shape index (κ2) is 9.14. The summed E-state index contributed by atoms with van der Waals surface area (Å²) in [6, 6.07) is 0. The number of nitrogen functional groups attached to an aromatic ring is 1. The number of nitrogens with two attached hydrogens (primary N) is 1. The Morgan fingerprint density at radius 3 is 2.90 bits per heavy atom. The van der Waals surface area contributed by atoms with Crippen LogP contribution in [0.3, 0.4) is 0 Å². The van der Waals surface area contributed by atoms with Crippen molar-refractivity contribution >= 4 is 45.2 Å². The van der Waals surface area contributed by atoms with E-state index in [4.69, 9.17) is 15.3 Å². The lowest BCUT2D eigenvalue weighted by molar-refractivity contribution is -0.121. The number of amides is 1. The topological polar surface area (TPSA) is 126 Å². The molecule has 0 bridgehead atoms. The Morgan fingerprint density at radius 1 is 1.52 bits per heavy atom. The number of nitrogens with one attached hydrogen (secondary N) is 1. The van der Waals surface area contributed by atoms with Crippen molar-refractivity contribution in [2.24, 2.45) is 0 Å². The molecule has 2 aromatic heterocycles. The van der Waals surface area contributed by atoms with Crippen molar-refractivity contribution < 1.29 is 19.1 Å². The maximum absolute atomic E-state index is 12.8. The van der Waals surface area contributed by atoms with E-state index in [0.29, 0.717) is 28.2 Å². The molecule has 2 aromatic rings. The lowest BCUT2D eigenvalue weighted by Crippen LogP contribution is -2.38. The zero-order chi connectivity index (χ0) is 21.1. The number of aromatic nitrogens is 2. The minimum absolute atomic E-state index is 0.0504. The third-order valence-corrected chi connectivity index (χ3v) is 7.27. The molecule has 1 aliphatic heterocycles. The predicted molar refractivity (Wildman–Crippen MR) is 112 cm³/mol. The van der Waals surface area contributed by atoms with Gasteiger partial charge in [0.2, 0.25) is 5.91 Å². The first-order chi connectivity index (χ1) is 13.9. The number of hydrogen-bond acceptors (Lipinski definition) is 9. The fourth-order valence-electron chi connectivity index (χ4n) is 3.13. The minimum atomic E-state index is -0.525. The van der Waals surface area contributed by atoms with Crippen LogP contribution in [0, 0.1) is 6.92 Å². The van der Waals surface area contributed by atoms with E-state index >= 15 is 0 Å². The van der Waals surface area contributed by atoms with Crippen LogP contribution in [0.25, 0.3) is 10.2 Å². The van der Waals surface area contributed by atoms with Crippen molar-refractivity contribution in [3.8, 4) is 0 Å². The van der Waals surface area contributed by atoms with Gasteiger partial charge >= 0.3 is 5.97 Å². The molecular formula is C18H24N4O5S2. The third kappa shape index (κ3) is 4.41. The van der Waals surface area contributed by atoms with Gasteiger partial charge in [-0.1, -0.05) is 18.7 Å². The Balaban J connectivity index is 1.84. The number of aryl methyl sites for hydroxylation is 1. The van der Waals surface area contributed by atoms with E-state index in [2.05, 4.69) is 10.3 Å². The molecule has 0 radical (unpaired) electrons. The van der Waals surface area contributed by atoms with Gasteiger partial charge in [0.15, 0.2) is 5.16 Å². The average Bonchev–Trinajstić information content (AvgIpc) is 3.35. The number of ether oxygens (including phenoxy) is 2. The molecular weight excluding hydrogens is 416 g/mol. The SMILES string of the molecule is CC[C@H](Sc1nc2sc(C(=O)OC)c(C)c2c(=O)n1N)C(=O)NC[C@@H]1CCCO1. The smallest absolute Gasteiger partial charge is 0.348 e. The predicted octanol–water partition coefficient (Wildman–Crippen LogP) is 1.43. The molecule has 1 fully saturated rings. The number of esters is 1. The van der Waals surface area contributed by atoms with Gasteiger partial charge in [0.05, 0.1) is 23.8 Å². The summed E-state index contributed by atoms with van der Waals surface area (Å²) in [5, 5.41) is 2.95. The number of carbonyl (C=O) groups excluding carboxylic acids is 2. The maximum Gasteiger partial charge on any atom is 0.348 e. The highest BCUT2D eigenvalue weighted by molar-refractivity contribution is 8.00. The number of hydrogen-bond donors (Lipinski definition) is 2. The first kappa shape index (κ1) is 21.6. The summed E-state index contributed by atoms with van der Waals surface area (Å²) in [6.45, 7) is 4.73. The number of thiophene rings is 1. The Morgan fingerprint density at radius 2 is 2.28 bits per heavy atom. The van der Waals surface area contributed by atoms with E-state index in [0.717, 1.165) is 47.2 Å². The van der Waals surface area contributed by atoms with Gasteiger partial charge in [-0.05, 0) is 31.7 Å². The molecule has 0 unspecified atom stereocenters. The van der Waals surface area contributed by atoms with Crippen molar-refractivity contribution in [2.45, 2.75) is 49.6 Å². The van der Waals surface area contributed by atoms with Crippen molar-refractivity contribution in [1.29, 1.82) is 0 Å². The lowest BCUT2D eigenvalue weighted by atomic mass is 10.2. The third-order valence-electron chi connectivity index (χ3n) is 4.77. The monoisotopic (exact) mass is 440 g/mol. The van der Waals surface area contributed by atoms with E-state index in [1.165, 1.54) is 7.11 Å². The number of carbonyl (C=O) groups is 2. The van der Waals surface area contributed by atoms with Gasteiger partial charge in [0.25, 0.3) is 5.56 Å². The highest BCUT2D eigenvalue weighted by Crippen LogP contribution is 2.30. The van der Waals surface area contributed by atoms with Gasteiger partial charge in [-0.15, -0.1) is 11.3 Å². The molecule has 0 aliphatic carbocycles. The van der Waals surface area contributed by atoms with Crippen LogP contribution >= 0.6 is 23.1 Å². The molecule has 3 N–H and O–H groups in total. The van der Waals surface area contributed by atoms with Gasteiger partial charge in [-0.3, -0.25) is 9.59 Å². The summed E-state index contributed by atoms with van der Waals surface area (Å²) in [7, 11) is 1.28. The van der Waals surface area contributed by atoms with Crippen LogP contribution in [0.1, 0.15) is 41.4 Å². The van der Waals surface area contributed by atoms with Gasteiger partial charge < -0.3 is 20.6 Å². The van der Waals surface area contributed by atoms with Crippen LogP contribution in [0.4, 0.5) is 0 Å². The number of nitrogens with zero attached hydrogens (tertiary/aromatic N) is 2. The molecule has 2 atom stereocenters. The van der Waals surface area contributed by atoms with Crippen LogP contribution in [-0.2, 0) is 14.3 Å². The van der Waals surface area contributed by atoms with Gasteiger partial charge in [-0.2, -0.15) is 0 Å². The van der Waals surface area contributed by atoms with Crippen LogP contribution in [0.5, 0.6) is 0 Å². The van der Waals surface area contributed by atoms with Gasteiger partial charge in [-0.25, -0.2) is 14.5 Å². The number of fused-ring (bicyclic) bond motifs is 1.